The van der Waals surface area contributed by atoms with Crippen molar-refractivity contribution < 1.29 is 9.47 Å². The molecular formula is C13H16O2. The van der Waals surface area contributed by atoms with Gasteiger partial charge in [0.15, 0.2) is 0 Å². The summed E-state index contributed by atoms with van der Waals surface area (Å²) < 4.78 is 11.3. The molecule has 3 rings (SSSR count). The molecule has 0 radical (unpaired) electrons. The van der Waals surface area contributed by atoms with Gasteiger partial charge in [-0.3, -0.25) is 0 Å². The normalized spacial score (nSPS) is 35.7. The topological polar surface area (TPSA) is 21.8 Å². The van der Waals surface area contributed by atoms with Gasteiger partial charge in [0, 0.05) is 12.3 Å². The number of hydrogen-bond acceptors (Lipinski definition) is 2. The Balaban J connectivity index is 1.71. The molecule has 0 aromatic heterocycles. The quantitative estimate of drug-likeness (QED) is 0.690. The van der Waals surface area contributed by atoms with Gasteiger partial charge in [0.05, 0.1) is 18.8 Å². The molecular weight excluding hydrogens is 188 g/mol. The molecule has 2 fully saturated rings. The van der Waals surface area contributed by atoms with Crippen LogP contribution in [-0.4, -0.2) is 24.9 Å². The molecule has 0 saturated carbocycles. The highest BCUT2D eigenvalue weighted by Crippen LogP contribution is 2.37. The van der Waals surface area contributed by atoms with E-state index in [-0.39, 0.29) is 0 Å². The van der Waals surface area contributed by atoms with Crippen LogP contribution in [0.15, 0.2) is 30.3 Å². The molecule has 0 bridgehead atoms. The lowest BCUT2D eigenvalue weighted by molar-refractivity contribution is 0.0156. The van der Waals surface area contributed by atoms with E-state index in [0.29, 0.717) is 24.2 Å². The molecule has 2 heteroatoms. The van der Waals surface area contributed by atoms with Gasteiger partial charge < -0.3 is 9.47 Å². The lowest BCUT2D eigenvalue weighted by atomic mass is 9.91. The summed E-state index contributed by atoms with van der Waals surface area (Å²) in [5, 5.41) is 0. The second-order valence-electron chi connectivity index (χ2n) is 4.52. The van der Waals surface area contributed by atoms with Crippen LogP contribution in [0, 0.1) is 0 Å². The zero-order valence-corrected chi connectivity index (χ0v) is 8.93. The molecule has 0 N–H and O–H groups in total. The molecule has 1 aromatic rings. The molecule has 80 valence electrons. The van der Waals surface area contributed by atoms with Crippen molar-refractivity contribution in [3.05, 3.63) is 35.9 Å². The summed E-state index contributed by atoms with van der Waals surface area (Å²) in [5.74, 6) is 0.469. The average Bonchev–Trinajstić information content (AvgIpc) is 3.07. The summed E-state index contributed by atoms with van der Waals surface area (Å²) in [6.45, 7) is 3.02. The van der Waals surface area contributed by atoms with E-state index in [9.17, 15) is 0 Å². The van der Waals surface area contributed by atoms with Crippen LogP contribution >= 0.6 is 0 Å². The number of benzene rings is 1. The van der Waals surface area contributed by atoms with Crippen molar-refractivity contribution in [2.45, 2.75) is 37.6 Å². The fourth-order valence-corrected chi connectivity index (χ4v) is 2.37. The molecule has 2 saturated heterocycles. The molecule has 1 unspecified atom stereocenters. The van der Waals surface area contributed by atoms with Gasteiger partial charge in [-0.2, -0.15) is 0 Å². The van der Waals surface area contributed by atoms with Gasteiger partial charge in [-0.05, 0) is 5.56 Å². The molecule has 2 aliphatic heterocycles. The third-order valence-corrected chi connectivity index (χ3v) is 3.51. The van der Waals surface area contributed by atoms with Crippen molar-refractivity contribution in [2.75, 3.05) is 6.61 Å². The van der Waals surface area contributed by atoms with Crippen molar-refractivity contribution in [3.63, 3.8) is 0 Å². The zero-order chi connectivity index (χ0) is 10.3. The number of ether oxygens (including phenoxy) is 2. The lowest BCUT2D eigenvalue weighted by Crippen LogP contribution is -2.29. The summed E-state index contributed by atoms with van der Waals surface area (Å²) in [6.07, 6.45) is 2.27. The highest BCUT2D eigenvalue weighted by Gasteiger charge is 2.46. The Bertz CT molecular complexity index is 336. The van der Waals surface area contributed by atoms with E-state index in [1.54, 1.807) is 0 Å². The van der Waals surface area contributed by atoms with Crippen LogP contribution < -0.4 is 0 Å². The predicted octanol–water partition coefficient (Wildman–Crippen LogP) is 2.35. The zero-order valence-electron chi connectivity index (χ0n) is 8.93. The standard InChI is InChI=1S/C13H16O2/c1-9(10-5-3-2-4-6-10)11-7-12-13(15-12)8-14-11/h2-6,9,11-13H,7-8H2,1H3/t9-,11-,12?,13-/m1/s1. The molecule has 0 spiro atoms. The number of rotatable bonds is 2. The first-order chi connectivity index (χ1) is 7.34. The van der Waals surface area contributed by atoms with Crippen LogP contribution in [0.3, 0.4) is 0 Å². The van der Waals surface area contributed by atoms with E-state index in [1.165, 1.54) is 5.56 Å². The lowest BCUT2D eigenvalue weighted by Gasteiger charge is -2.26. The fourth-order valence-electron chi connectivity index (χ4n) is 2.37. The van der Waals surface area contributed by atoms with E-state index in [0.717, 1.165) is 13.0 Å². The molecule has 2 nitrogen and oxygen atoms in total. The van der Waals surface area contributed by atoms with Gasteiger partial charge in [-0.1, -0.05) is 37.3 Å². The van der Waals surface area contributed by atoms with Crippen molar-refractivity contribution in [2.24, 2.45) is 0 Å². The average molecular weight is 204 g/mol. The van der Waals surface area contributed by atoms with Crippen LogP contribution in [-0.2, 0) is 9.47 Å². The first-order valence-electron chi connectivity index (χ1n) is 5.66. The fraction of sp³-hybridized carbons (Fsp3) is 0.538. The van der Waals surface area contributed by atoms with Gasteiger partial charge in [0.1, 0.15) is 6.10 Å². The van der Waals surface area contributed by atoms with E-state index in [1.807, 2.05) is 0 Å². The Hall–Kier alpha value is -0.860. The summed E-state index contributed by atoms with van der Waals surface area (Å²) in [4.78, 5) is 0. The third kappa shape index (κ3) is 1.80. The van der Waals surface area contributed by atoms with Crippen LogP contribution in [0.2, 0.25) is 0 Å². The third-order valence-electron chi connectivity index (χ3n) is 3.51. The first-order valence-corrected chi connectivity index (χ1v) is 5.66. The smallest absolute Gasteiger partial charge is 0.108 e. The number of hydrogen-bond donors (Lipinski definition) is 0. The molecule has 4 atom stereocenters. The summed E-state index contributed by atoms with van der Waals surface area (Å²) in [5.41, 5.74) is 1.36. The van der Waals surface area contributed by atoms with E-state index >= 15 is 0 Å². The maximum atomic E-state index is 5.82. The summed E-state index contributed by atoms with van der Waals surface area (Å²) >= 11 is 0. The van der Waals surface area contributed by atoms with Crippen LogP contribution in [0.1, 0.15) is 24.8 Å². The minimum atomic E-state index is 0.330. The molecule has 0 amide bonds. The number of fused-ring (bicyclic) bond motifs is 1. The second kappa shape index (κ2) is 3.62. The van der Waals surface area contributed by atoms with Crippen molar-refractivity contribution in [3.8, 4) is 0 Å². The minimum absolute atomic E-state index is 0.330. The SMILES string of the molecule is C[C@H](c1ccccc1)[C@H]1CC2O[C@@H]2CO1. The van der Waals surface area contributed by atoms with E-state index in [4.69, 9.17) is 9.47 Å². The largest absolute Gasteiger partial charge is 0.375 e. The molecule has 1 aromatic carbocycles. The summed E-state index contributed by atoms with van der Waals surface area (Å²) in [7, 11) is 0. The van der Waals surface area contributed by atoms with Crippen molar-refractivity contribution >= 4 is 0 Å². The molecule has 15 heavy (non-hydrogen) atoms. The van der Waals surface area contributed by atoms with Gasteiger partial charge in [0.2, 0.25) is 0 Å². The highest BCUT2D eigenvalue weighted by molar-refractivity contribution is 5.20. The maximum Gasteiger partial charge on any atom is 0.108 e. The van der Waals surface area contributed by atoms with Crippen LogP contribution in [0.4, 0.5) is 0 Å². The molecule has 2 heterocycles. The van der Waals surface area contributed by atoms with Crippen LogP contribution in [0.25, 0.3) is 0 Å². The van der Waals surface area contributed by atoms with Crippen molar-refractivity contribution in [1.29, 1.82) is 0 Å². The van der Waals surface area contributed by atoms with Gasteiger partial charge in [-0.25, -0.2) is 0 Å². The summed E-state index contributed by atoms with van der Waals surface area (Å²) in [6, 6.07) is 10.6. The molecule has 0 aliphatic carbocycles. The van der Waals surface area contributed by atoms with E-state index < -0.39 is 0 Å². The Morgan fingerprint density at radius 2 is 2.00 bits per heavy atom. The van der Waals surface area contributed by atoms with Gasteiger partial charge in [-0.15, -0.1) is 0 Å². The number of epoxide rings is 1. The molecule has 2 aliphatic rings. The van der Waals surface area contributed by atoms with Gasteiger partial charge >= 0.3 is 0 Å². The Morgan fingerprint density at radius 1 is 1.20 bits per heavy atom. The first kappa shape index (κ1) is 9.37. The van der Waals surface area contributed by atoms with Gasteiger partial charge in [0.25, 0.3) is 0 Å². The monoisotopic (exact) mass is 204 g/mol. The Labute approximate surface area is 90.2 Å². The Morgan fingerprint density at radius 3 is 2.73 bits per heavy atom. The highest BCUT2D eigenvalue weighted by atomic mass is 16.6. The minimum Gasteiger partial charge on any atom is -0.375 e. The predicted molar refractivity (Wildman–Crippen MR) is 57.9 cm³/mol. The van der Waals surface area contributed by atoms with E-state index in [2.05, 4.69) is 37.3 Å². The Kier molecular flexibility index (Phi) is 2.26. The maximum absolute atomic E-state index is 5.82. The van der Waals surface area contributed by atoms with Crippen LogP contribution in [0.5, 0.6) is 0 Å². The second-order valence-corrected chi connectivity index (χ2v) is 4.52. The van der Waals surface area contributed by atoms with Crippen molar-refractivity contribution in [1.82, 2.24) is 0 Å².